The average Bonchev–Trinajstić information content (AvgIpc) is 2.15. The van der Waals surface area contributed by atoms with Crippen molar-refractivity contribution >= 4 is 5.91 Å². The molecule has 1 amide bonds. The molecule has 0 heterocycles. The van der Waals surface area contributed by atoms with Gasteiger partial charge in [0, 0.05) is 25.6 Å². The van der Waals surface area contributed by atoms with Crippen LogP contribution in [0.4, 0.5) is 0 Å². The minimum Gasteiger partial charge on any atom is -0.339 e. The summed E-state index contributed by atoms with van der Waals surface area (Å²) < 4.78 is 0. The van der Waals surface area contributed by atoms with Gasteiger partial charge in [0.25, 0.3) is 0 Å². The van der Waals surface area contributed by atoms with Gasteiger partial charge in [0.1, 0.15) is 0 Å². The highest BCUT2D eigenvalue weighted by Crippen LogP contribution is 2.02. The molecule has 2 N–H and O–H groups in total. The van der Waals surface area contributed by atoms with Crippen molar-refractivity contribution in [1.29, 1.82) is 0 Å². The molecule has 13 heavy (non-hydrogen) atoms. The van der Waals surface area contributed by atoms with Gasteiger partial charge in [0.15, 0.2) is 0 Å². The Hall–Kier alpha value is -0.830. The molecule has 0 aromatic rings. The Balaban J connectivity index is 4.17. The highest BCUT2D eigenvalue weighted by Gasteiger charge is 2.16. The first-order valence-electron chi connectivity index (χ1n) is 4.77. The van der Waals surface area contributed by atoms with Gasteiger partial charge in [-0.2, -0.15) is 0 Å². The van der Waals surface area contributed by atoms with Gasteiger partial charge in [-0.3, -0.25) is 4.79 Å². The number of carbonyl (C=O) groups excluding carboxylic acids is 1. The van der Waals surface area contributed by atoms with E-state index in [9.17, 15) is 4.79 Å². The largest absolute Gasteiger partial charge is 0.339 e. The van der Waals surface area contributed by atoms with Crippen LogP contribution in [-0.2, 0) is 4.79 Å². The van der Waals surface area contributed by atoms with Crippen molar-refractivity contribution in [2.24, 2.45) is 11.7 Å². The fraction of sp³-hybridized carbons (Fsp3) is 0.700. The van der Waals surface area contributed by atoms with Crippen LogP contribution < -0.4 is 5.73 Å². The first-order chi connectivity index (χ1) is 6.17. The third-order valence-electron chi connectivity index (χ3n) is 1.93. The zero-order valence-electron chi connectivity index (χ0n) is 8.62. The Labute approximate surface area is 80.6 Å². The predicted molar refractivity (Wildman–Crippen MR) is 55.3 cm³/mol. The molecular formula is C10H20N2O. The molecule has 0 aliphatic carbocycles. The van der Waals surface area contributed by atoms with Gasteiger partial charge in [-0.05, 0) is 6.42 Å². The Kier molecular flexibility index (Phi) is 6.24. The summed E-state index contributed by atoms with van der Waals surface area (Å²) in [7, 11) is 0. The lowest BCUT2D eigenvalue weighted by atomic mass is 10.1. The molecular weight excluding hydrogens is 164 g/mol. The third-order valence-corrected chi connectivity index (χ3v) is 1.93. The number of nitrogens with two attached hydrogens (primary N) is 1. The molecule has 0 aliphatic heterocycles. The topological polar surface area (TPSA) is 46.3 Å². The van der Waals surface area contributed by atoms with Gasteiger partial charge in [0.2, 0.25) is 5.91 Å². The molecule has 0 saturated carbocycles. The average molecular weight is 184 g/mol. The lowest BCUT2D eigenvalue weighted by molar-refractivity contribution is -0.134. The second-order valence-corrected chi connectivity index (χ2v) is 3.21. The molecule has 0 radical (unpaired) electrons. The molecule has 0 bridgehead atoms. The van der Waals surface area contributed by atoms with Gasteiger partial charge in [-0.25, -0.2) is 0 Å². The van der Waals surface area contributed by atoms with Crippen LogP contribution in [0, 0.1) is 5.92 Å². The van der Waals surface area contributed by atoms with Crippen molar-refractivity contribution < 1.29 is 4.79 Å². The molecule has 0 aromatic carbocycles. The van der Waals surface area contributed by atoms with Gasteiger partial charge >= 0.3 is 0 Å². The van der Waals surface area contributed by atoms with Crippen molar-refractivity contribution in [3.05, 3.63) is 12.7 Å². The van der Waals surface area contributed by atoms with Crippen LogP contribution in [0.2, 0.25) is 0 Å². The smallest absolute Gasteiger partial charge is 0.226 e. The zero-order valence-corrected chi connectivity index (χ0v) is 8.62. The van der Waals surface area contributed by atoms with Crippen LogP contribution >= 0.6 is 0 Å². The molecule has 0 saturated heterocycles. The molecule has 0 rings (SSSR count). The van der Waals surface area contributed by atoms with E-state index in [1.807, 2.05) is 6.92 Å². The van der Waals surface area contributed by atoms with E-state index in [0.29, 0.717) is 13.1 Å². The monoisotopic (exact) mass is 184 g/mol. The Morgan fingerprint density at radius 1 is 1.69 bits per heavy atom. The maximum absolute atomic E-state index is 11.7. The van der Waals surface area contributed by atoms with E-state index in [-0.39, 0.29) is 11.8 Å². The maximum Gasteiger partial charge on any atom is 0.226 e. The Morgan fingerprint density at radius 2 is 2.31 bits per heavy atom. The second-order valence-electron chi connectivity index (χ2n) is 3.21. The van der Waals surface area contributed by atoms with Crippen molar-refractivity contribution in [3.8, 4) is 0 Å². The van der Waals surface area contributed by atoms with Gasteiger partial charge < -0.3 is 10.6 Å². The van der Waals surface area contributed by atoms with E-state index in [0.717, 1.165) is 13.0 Å². The van der Waals surface area contributed by atoms with Crippen molar-refractivity contribution in [2.45, 2.75) is 20.3 Å². The minimum atomic E-state index is -0.0773. The molecule has 0 fully saturated rings. The number of carbonyl (C=O) groups is 1. The summed E-state index contributed by atoms with van der Waals surface area (Å²) in [6, 6.07) is 0. The van der Waals surface area contributed by atoms with E-state index in [4.69, 9.17) is 5.73 Å². The van der Waals surface area contributed by atoms with Gasteiger partial charge in [0.05, 0.1) is 0 Å². The highest BCUT2D eigenvalue weighted by molar-refractivity contribution is 5.78. The van der Waals surface area contributed by atoms with Crippen LogP contribution in [0.25, 0.3) is 0 Å². The Morgan fingerprint density at radius 3 is 2.69 bits per heavy atom. The molecule has 1 unspecified atom stereocenters. The minimum absolute atomic E-state index is 0.0773. The summed E-state index contributed by atoms with van der Waals surface area (Å²) in [4.78, 5) is 13.4. The van der Waals surface area contributed by atoms with Crippen LogP contribution in [-0.4, -0.2) is 30.4 Å². The van der Waals surface area contributed by atoms with Crippen molar-refractivity contribution in [1.82, 2.24) is 4.90 Å². The lowest BCUT2D eigenvalue weighted by Gasteiger charge is -2.23. The van der Waals surface area contributed by atoms with Crippen LogP contribution in [0.3, 0.4) is 0 Å². The molecule has 0 aliphatic rings. The number of nitrogens with zero attached hydrogens (tertiary/aromatic N) is 1. The fourth-order valence-electron chi connectivity index (χ4n) is 1.13. The number of hydrogen-bond acceptors (Lipinski definition) is 2. The first-order valence-corrected chi connectivity index (χ1v) is 4.77. The van der Waals surface area contributed by atoms with E-state index < -0.39 is 0 Å². The van der Waals surface area contributed by atoms with Gasteiger partial charge in [-0.1, -0.05) is 19.9 Å². The summed E-state index contributed by atoms with van der Waals surface area (Å²) in [5.74, 6) is 0.0516. The van der Waals surface area contributed by atoms with Crippen molar-refractivity contribution in [3.63, 3.8) is 0 Å². The summed E-state index contributed by atoms with van der Waals surface area (Å²) in [6.07, 6.45) is 2.72. The van der Waals surface area contributed by atoms with Crippen LogP contribution in [0.15, 0.2) is 12.7 Å². The molecule has 3 nitrogen and oxygen atoms in total. The predicted octanol–water partition coefficient (Wildman–Crippen LogP) is 1.01. The molecule has 76 valence electrons. The van der Waals surface area contributed by atoms with Crippen LogP contribution in [0.5, 0.6) is 0 Å². The first kappa shape index (κ1) is 12.2. The van der Waals surface area contributed by atoms with E-state index in [2.05, 4.69) is 13.5 Å². The zero-order chi connectivity index (χ0) is 10.3. The van der Waals surface area contributed by atoms with E-state index >= 15 is 0 Å². The Bertz CT molecular complexity index is 168. The maximum atomic E-state index is 11.7. The van der Waals surface area contributed by atoms with E-state index in [1.54, 1.807) is 11.0 Å². The summed E-state index contributed by atoms with van der Waals surface area (Å²) >= 11 is 0. The summed E-state index contributed by atoms with van der Waals surface area (Å²) in [6.45, 7) is 9.35. The summed E-state index contributed by atoms with van der Waals surface area (Å²) in [5, 5.41) is 0. The second kappa shape index (κ2) is 6.66. The van der Waals surface area contributed by atoms with Gasteiger partial charge in [-0.15, -0.1) is 6.58 Å². The highest BCUT2D eigenvalue weighted by atomic mass is 16.2. The standard InChI is InChI=1S/C10H20N2O/c1-4-6-12(7-5-2)10(13)9(3)8-11/h4,9H,1,5-8,11H2,2-3H3. The van der Waals surface area contributed by atoms with Crippen LogP contribution in [0.1, 0.15) is 20.3 Å². The normalized spacial score (nSPS) is 12.2. The summed E-state index contributed by atoms with van der Waals surface area (Å²) in [5.41, 5.74) is 5.43. The SMILES string of the molecule is C=CCN(CCC)C(=O)C(C)CN. The number of hydrogen-bond donors (Lipinski definition) is 1. The van der Waals surface area contributed by atoms with E-state index in [1.165, 1.54) is 0 Å². The number of amides is 1. The quantitative estimate of drug-likeness (QED) is 0.626. The molecule has 3 heteroatoms. The number of rotatable bonds is 6. The lowest BCUT2D eigenvalue weighted by Crippen LogP contribution is -2.38. The molecule has 0 spiro atoms. The molecule has 0 aromatic heterocycles. The van der Waals surface area contributed by atoms with Crippen molar-refractivity contribution in [2.75, 3.05) is 19.6 Å². The fourth-order valence-corrected chi connectivity index (χ4v) is 1.13. The third kappa shape index (κ3) is 4.08. The molecule has 1 atom stereocenters.